The third kappa shape index (κ3) is 2.40. The minimum absolute atomic E-state index is 0.222. The van der Waals surface area contributed by atoms with Crippen molar-refractivity contribution in [1.29, 1.82) is 0 Å². The van der Waals surface area contributed by atoms with Crippen molar-refractivity contribution in [3.63, 3.8) is 0 Å². The molecule has 4 heteroatoms. The molecule has 0 saturated carbocycles. The number of benzene rings is 2. The molecule has 0 heterocycles. The molecule has 1 nitrogen and oxygen atoms in total. The summed E-state index contributed by atoms with van der Waals surface area (Å²) >= 11 is 12.0. The quantitative estimate of drug-likeness (QED) is 0.709. The van der Waals surface area contributed by atoms with E-state index in [0.717, 1.165) is 0 Å². The molecule has 0 aromatic heterocycles. The first kappa shape index (κ1) is 13.1. The normalized spacial score (nSPS) is 10.4. The molecule has 18 heavy (non-hydrogen) atoms. The van der Waals surface area contributed by atoms with Crippen LogP contribution in [0.25, 0.3) is 11.1 Å². The Morgan fingerprint density at radius 3 is 2.50 bits per heavy atom. The second-order valence-electron chi connectivity index (χ2n) is 3.85. The van der Waals surface area contributed by atoms with E-state index in [0.29, 0.717) is 26.7 Å². The van der Waals surface area contributed by atoms with Gasteiger partial charge in [0.25, 0.3) is 0 Å². The van der Waals surface area contributed by atoms with E-state index in [-0.39, 0.29) is 5.78 Å². The molecule has 0 radical (unpaired) electrons. The fourth-order valence-electron chi connectivity index (χ4n) is 1.75. The predicted molar refractivity (Wildman–Crippen MR) is 71.9 cm³/mol. The highest BCUT2D eigenvalue weighted by Crippen LogP contribution is 2.35. The van der Waals surface area contributed by atoms with Crippen molar-refractivity contribution in [2.24, 2.45) is 0 Å². The topological polar surface area (TPSA) is 17.1 Å². The van der Waals surface area contributed by atoms with E-state index < -0.39 is 5.82 Å². The van der Waals surface area contributed by atoms with Gasteiger partial charge in [0.05, 0.1) is 10.0 Å². The largest absolute Gasteiger partial charge is 0.294 e. The van der Waals surface area contributed by atoms with Gasteiger partial charge >= 0.3 is 0 Å². The summed E-state index contributed by atoms with van der Waals surface area (Å²) in [5, 5.41) is 0.751. The molecule has 0 aliphatic rings. The number of carbonyl (C=O) groups excluding carboxylic acids is 1. The fraction of sp³-hybridized carbons (Fsp3) is 0.0714. The maximum absolute atomic E-state index is 13.2. The highest BCUT2D eigenvalue weighted by atomic mass is 35.5. The van der Waals surface area contributed by atoms with Gasteiger partial charge in [-0.3, -0.25) is 4.79 Å². The Hall–Kier alpha value is -1.38. The molecule has 0 bridgehead atoms. The van der Waals surface area contributed by atoms with Crippen LogP contribution in [0, 0.1) is 5.82 Å². The third-order valence-corrected chi connectivity index (χ3v) is 3.42. The van der Waals surface area contributed by atoms with Crippen LogP contribution in [0.4, 0.5) is 4.39 Å². The van der Waals surface area contributed by atoms with Gasteiger partial charge in [-0.1, -0.05) is 41.4 Å². The lowest BCUT2D eigenvalue weighted by Gasteiger charge is -2.10. The summed E-state index contributed by atoms with van der Waals surface area (Å²) < 4.78 is 13.2. The molecule has 2 rings (SSSR count). The summed E-state index contributed by atoms with van der Waals surface area (Å²) in [5.74, 6) is -0.678. The summed E-state index contributed by atoms with van der Waals surface area (Å²) in [4.78, 5) is 11.5. The zero-order valence-electron chi connectivity index (χ0n) is 9.51. The summed E-state index contributed by atoms with van der Waals surface area (Å²) in [7, 11) is 0. The Kier molecular flexibility index (Phi) is 3.69. The highest BCUT2D eigenvalue weighted by molar-refractivity contribution is 6.43. The number of carbonyl (C=O) groups is 1. The summed E-state index contributed by atoms with van der Waals surface area (Å²) in [5.41, 5.74) is 1.49. The zero-order valence-corrected chi connectivity index (χ0v) is 11.0. The number of halogens is 3. The van der Waals surface area contributed by atoms with Crippen molar-refractivity contribution in [3.8, 4) is 11.1 Å². The monoisotopic (exact) mass is 282 g/mol. The number of rotatable bonds is 2. The molecule has 0 aliphatic carbocycles. The Morgan fingerprint density at radius 2 is 1.83 bits per heavy atom. The Bertz CT molecular complexity index is 623. The summed E-state index contributed by atoms with van der Waals surface area (Å²) in [6.45, 7) is 1.39. The van der Waals surface area contributed by atoms with E-state index in [1.165, 1.54) is 25.1 Å². The molecule has 0 saturated heterocycles. The number of hydrogen-bond acceptors (Lipinski definition) is 1. The van der Waals surface area contributed by atoms with Gasteiger partial charge in [0.15, 0.2) is 5.78 Å². The van der Waals surface area contributed by atoms with Gasteiger partial charge in [0, 0.05) is 11.1 Å². The molecular weight excluding hydrogens is 274 g/mol. The van der Waals surface area contributed by atoms with Crippen LogP contribution >= 0.6 is 23.2 Å². The SMILES string of the molecule is CC(=O)c1cc(F)ccc1-c1cccc(Cl)c1Cl. The molecule has 0 aliphatic heterocycles. The molecule has 0 fully saturated rings. The van der Waals surface area contributed by atoms with Crippen LogP contribution in [0.15, 0.2) is 36.4 Å². The summed E-state index contributed by atoms with van der Waals surface area (Å²) in [6, 6.07) is 9.16. The van der Waals surface area contributed by atoms with Crippen molar-refractivity contribution < 1.29 is 9.18 Å². The van der Waals surface area contributed by atoms with E-state index in [1.54, 1.807) is 18.2 Å². The minimum atomic E-state index is -0.456. The van der Waals surface area contributed by atoms with Crippen molar-refractivity contribution in [1.82, 2.24) is 0 Å². The van der Waals surface area contributed by atoms with Crippen LogP contribution in [0.2, 0.25) is 10.0 Å². The molecule has 2 aromatic carbocycles. The first-order valence-electron chi connectivity index (χ1n) is 5.25. The maximum atomic E-state index is 13.2. The molecule has 0 unspecified atom stereocenters. The molecule has 0 atom stereocenters. The lowest BCUT2D eigenvalue weighted by molar-refractivity contribution is 0.101. The van der Waals surface area contributed by atoms with Gasteiger partial charge in [0.2, 0.25) is 0 Å². The van der Waals surface area contributed by atoms with Crippen LogP contribution in [-0.2, 0) is 0 Å². The van der Waals surface area contributed by atoms with Crippen molar-refractivity contribution in [3.05, 3.63) is 57.8 Å². The van der Waals surface area contributed by atoms with Crippen LogP contribution < -0.4 is 0 Å². The van der Waals surface area contributed by atoms with Gasteiger partial charge in [-0.15, -0.1) is 0 Å². The molecule has 92 valence electrons. The standard InChI is InChI=1S/C14H9Cl2FO/c1-8(18)12-7-9(17)5-6-10(12)11-3-2-4-13(15)14(11)16/h2-7H,1H3. The van der Waals surface area contributed by atoms with Crippen LogP contribution in [-0.4, -0.2) is 5.78 Å². The average Bonchev–Trinajstić information content (AvgIpc) is 2.33. The smallest absolute Gasteiger partial charge is 0.160 e. The second-order valence-corrected chi connectivity index (χ2v) is 4.63. The Labute approximate surface area is 114 Å². The predicted octanol–water partition coefficient (Wildman–Crippen LogP) is 5.00. The lowest BCUT2D eigenvalue weighted by Crippen LogP contribution is -1.97. The summed E-state index contributed by atoms with van der Waals surface area (Å²) in [6.07, 6.45) is 0. The maximum Gasteiger partial charge on any atom is 0.160 e. The average molecular weight is 283 g/mol. The highest BCUT2D eigenvalue weighted by Gasteiger charge is 2.14. The van der Waals surface area contributed by atoms with Crippen molar-refractivity contribution in [2.75, 3.05) is 0 Å². The molecule has 0 spiro atoms. The molecule has 0 amide bonds. The van der Waals surface area contributed by atoms with Gasteiger partial charge in [-0.25, -0.2) is 4.39 Å². The molecule has 0 N–H and O–H groups in total. The van der Waals surface area contributed by atoms with E-state index in [1.807, 2.05) is 0 Å². The fourth-order valence-corrected chi connectivity index (χ4v) is 2.16. The van der Waals surface area contributed by atoms with E-state index in [2.05, 4.69) is 0 Å². The van der Waals surface area contributed by atoms with Gasteiger partial charge < -0.3 is 0 Å². The zero-order chi connectivity index (χ0) is 13.3. The van der Waals surface area contributed by atoms with Crippen molar-refractivity contribution >= 4 is 29.0 Å². The molecular formula is C14H9Cl2FO. The second kappa shape index (κ2) is 5.09. The number of hydrogen-bond donors (Lipinski definition) is 0. The van der Waals surface area contributed by atoms with Gasteiger partial charge in [-0.05, 0) is 30.7 Å². The molecule has 2 aromatic rings. The first-order chi connectivity index (χ1) is 8.50. The van der Waals surface area contributed by atoms with Crippen molar-refractivity contribution in [2.45, 2.75) is 6.92 Å². The van der Waals surface area contributed by atoms with E-state index in [4.69, 9.17) is 23.2 Å². The first-order valence-corrected chi connectivity index (χ1v) is 6.01. The Morgan fingerprint density at radius 1 is 1.11 bits per heavy atom. The van der Waals surface area contributed by atoms with Gasteiger partial charge in [-0.2, -0.15) is 0 Å². The van der Waals surface area contributed by atoms with Crippen LogP contribution in [0.5, 0.6) is 0 Å². The Balaban J connectivity index is 2.71. The third-order valence-electron chi connectivity index (χ3n) is 2.60. The minimum Gasteiger partial charge on any atom is -0.294 e. The van der Waals surface area contributed by atoms with E-state index in [9.17, 15) is 9.18 Å². The lowest BCUT2D eigenvalue weighted by atomic mass is 9.97. The van der Waals surface area contributed by atoms with Crippen LogP contribution in [0.1, 0.15) is 17.3 Å². The van der Waals surface area contributed by atoms with Crippen LogP contribution in [0.3, 0.4) is 0 Å². The number of Topliss-reactive ketones (excluding diaryl/α,β-unsaturated/α-hetero) is 1. The van der Waals surface area contributed by atoms with Gasteiger partial charge in [0.1, 0.15) is 5.82 Å². The number of ketones is 1. The van der Waals surface area contributed by atoms with E-state index >= 15 is 0 Å².